The average molecular weight is 470 g/mol. The molecule has 1 amide bonds. The highest BCUT2D eigenvalue weighted by Gasteiger charge is 2.27. The van der Waals surface area contributed by atoms with E-state index >= 15 is 0 Å². The van der Waals surface area contributed by atoms with Crippen molar-refractivity contribution in [2.45, 2.75) is 25.9 Å². The van der Waals surface area contributed by atoms with Gasteiger partial charge in [0.05, 0.1) is 18.3 Å². The number of hydrogen-bond donors (Lipinski definition) is 1. The number of nitrogens with zero attached hydrogens (tertiary/aromatic N) is 2. The number of benzene rings is 3. The summed E-state index contributed by atoms with van der Waals surface area (Å²) in [6, 6.07) is 22.0. The number of carbonyl (C=O) groups excluding carboxylic acids is 1. The third kappa shape index (κ3) is 5.77. The molecule has 0 aliphatic heterocycles. The van der Waals surface area contributed by atoms with Gasteiger partial charge in [0.25, 0.3) is 5.91 Å². The fourth-order valence-electron chi connectivity index (χ4n) is 3.42. The van der Waals surface area contributed by atoms with Crippen LogP contribution in [-0.4, -0.2) is 32.7 Å². The SMILES string of the molecule is CCC(NC(=O)c1ccc(CN(c2ccccc2F)S(=O)(=O)N(C)C)cc1)c1ccccc1. The molecule has 0 aliphatic carbocycles. The molecule has 1 unspecified atom stereocenters. The Bertz CT molecular complexity index is 1180. The maximum absolute atomic E-state index is 14.4. The smallest absolute Gasteiger partial charge is 0.303 e. The van der Waals surface area contributed by atoms with Gasteiger partial charge in [-0.2, -0.15) is 12.7 Å². The zero-order valence-corrected chi connectivity index (χ0v) is 19.7. The van der Waals surface area contributed by atoms with E-state index in [1.807, 2.05) is 37.3 Å². The highest BCUT2D eigenvalue weighted by Crippen LogP contribution is 2.25. The Morgan fingerprint density at radius 1 is 0.939 bits per heavy atom. The normalized spacial score (nSPS) is 12.4. The van der Waals surface area contributed by atoms with Crippen LogP contribution in [0.2, 0.25) is 0 Å². The lowest BCUT2D eigenvalue weighted by molar-refractivity contribution is 0.0935. The molecular weight excluding hydrogens is 441 g/mol. The van der Waals surface area contributed by atoms with Gasteiger partial charge in [0, 0.05) is 19.7 Å². The summed E-state index contributed by atoms with van der Waals surface area (Å²) in [7, 11) is -1.15. The maximum Gasteiger partial charge on any atom is 0.303 e. The van der Waals surface area contributed by atoms with Gasteiger partial charge in [-0.15, -0.1) is 0 Å². The molecule has 0 saturated carbocycles. The predicted octanol–water partition coefficient (Wildman–Crippen LogP) is 4.52. The van der Waals surface area contributed by atoms with Crippen LogP contribution in [0.15, 0.2) is 78.9 Å². The summed E-state index contributed by atoms with van der Waals surface area (Å²) in [5, 5.41) is 3.03. The molecule has 33 heavy (non-hydrogen) atoms. The van der Waals surface area contributed by atoms with Crippen LogP contribution >= 0.6 is 0 Å². The number of anilines is 1. The minimum absolute atomic E-state index is 0.0401. The third-order valence-electron chi connectivity index (χ3n) is 5.32. The van der Waals surface area contributed by atoms with Gasteiger partial charge in [-0.25, -0.2) is 4.39 Å². The summed E-state index contributed by atoms with van der Waals surface area (Å²) < 4.78 is 42.2. The summed E-state index contributed by atoms with van der Waals surface area (Å²) in [6.07, 6.45) is 0.744. The summed E-state index contributed by atoms with van der Waals surface area (Å²) in [5.41, 5.74) is 2.07. The highest BCUT2D eigenvalue weighted by molar-refractivity contribution is 7.90. The Morgan fingerprint density at radius 2 is 1.55 bits per heavy atom. The molecule has 6 nitrogen and oxygen atoms in total. The van der Waals surface area contributed by atoms with Gasteiger partial charge in [-0.1, -0.05) is 61.5 Å². The number of halogens is 1. The first-order valence-electron chi connectivity index (χ1n) is 10.6. The Hall–Kier alpha value is -3.23. The van der Waals surface area contributed by atoms with Crippen LogP contribution in [0.5, 0.6) is 0 Å². The van der Waals surface area contributed by atoms with E-state index in [4.69, 9.17) is 0 Å². The van der Waals surface area contributed by atoms with Gasteiger partial charge < -0.3 is 5.32 Å². The number of amides is 1. The molecule has 1 N–H and O–H groups in total. The van der Waals surface area contributed by atoms with Crippen molar-refractivity contribution in [2.24, 2.45) is 0 Å². The van der Waals surface area contributed by atoms with Crippen molar-refractivity contribution in [2.75, 3.05) is 18.4 Å². The van der Waals surface area contributed by atoms with Crippen molar-refractivity contribution in [1.82, 2.24) is 9.62 Å². The molecule has 0 spiro atoms. The van der Waals surface area contributed by atoms with Crippen molar-refractivity contribution >= 4 is 21.8 Å². The standard InChI is InChI=1S/C25H28FN3O3S/c1-4-23(20-10-6-5-7-11-20)27-25(30)21-16-14-19(15-17-21)18-29(33(31,32)28(2)3)24-13-9-8-12-22(24)26/h5-17,23H,4,18H2,1-3H3,(H,27,30). The summed E-state index contributed by atoms with van der Waals surface area (Å²) in [4.78, 5) is 12.8. The van der Waals surface area contributed by atoms with Gasteiger partial charge in [0.15, 0.2) is 0 Å². The van der Waals surface area contributed by atoms with Crippen molar-refractivity contribution in [3.05, 3.63) is 101 Å². The Morgan fingerprint density at radius 3 is 2.12 bits per heavy atom. The zero-order chi connectivity index (χ0) is 24.0. The molecule has 0 aromatic heterocycles. The second kappa shape index (κ2) is 10.6. The maximum atomic E-state index is 14.4. The van der Waals surface area contributed by atoms with Gasteiger partial charge in [0.2, 0.25) is 0 Å². The van der Waals surface area contributed by atoms with E-state index in [1.54, 1.807) is 30.3 Å². The third-order valence-corrected chi connectivity index (χ3v) is 7.12. The van der Waals surface area contributed by atoms with Crippen molar-refractivity contribution in [3.63, 3.8) is 0 Å². The van der Waals surface area contributed by atoms with Crippen molar-refractivity contribution in [1.29, 1.82) is 0 Å². The number of carbonyl (C=O) groups is 1. The van der Waals surface area contributed by atoms with Crippen LogP contribution in [0.25, 0.3) is 0 Å². The Labute approximate surface area is 194 Å². The van der Waals surface area contributed by atoms with Crippen LogP contribution < -0.4 is 9.62 Å². The fourth-order valence-corrected chi connectivity index (χ4v) is 4.52. The van der Waals surface area contributed by atoms with E-state index in [1.165, 1.54) is 32.3 Å². The predicted molar refractivity (Wildman–Crippen MR) is 129 cm³/mol. The first kappa shape index (κ1) is 24.4. The lowest BCUT2D eigenvalue weighted by Crippen LogP contribution is -2.40. The molecule has 1 atom stereocenters. The van der Waals surface area contributed by atoms with Crippen molar-refractivity contribution in [3.8, 4) is 0 Å². The number of nitrogens with one attached hydrogen (secondary N) is 1. The summed E-state index contributed by atoms with van der Waals surface area (Å²) >= 11 is 0. The van der Waals surface area contributed by atoms with E-state index in [0.29, 0.717) is 11.1 Å². The molecular formula is C25H28FN3O3S. The summed E-state index contributed by atoms with van der Waals surface area (Å²) in [6.45, 7) is 1.93. The van der Waals surface area contributed by atoms with Crippen LogP contribution in [-0.2, 0) is 16.8 Å². The van der Waals surface area contributed by atoms with Crippen LogP contribution in [0.4, 0.5) is 10.1 Å². The second-order valence-corrected chi connectivity index (χ2v) is 9.86. The molecule has 3 rings (SSSR count). The monoisotopic (exact) mass is 469 g/mol. The highest BCUT2D eigenvalue weighted by atomic mass is 32.2. The zero-order valence-electron chi connectivity index (χ0n) is 18.9. The average Bonchev–Trinajstić information content (AvgIpc) is 2.82. The quantitative estimate of drug-likeness (QED) is 0.501. The summed E-state index contributed by atoms with van der Waals surface area (Å²) in [5.74, 6) is -0.852. The number of rotatable bonds is 9. The van der Waals surface area contributed by atoms with Crippen LogP contribution in [0.3, 0.4) is 0 Å². The van der Waals surface area contributed by atoms with E-state index in [2.05, 4.69) is 5.32 Å². The molecule has 0 radical (unpaired) electrons. The van der Waals surface area contributed by atoms with Crippen LogP contribution in [0.1, 0.15) is 40.9 Å². The van der Waals surface area contributed by atoms with E-state index in [-0.39, 0.29) is 24.2 Å². The Balaban J connectivity index is 1.80. The van der Waals surface area contributed by atoms with Gasteiger partial charge in [0.1, 0.15) is 5.82 Å². The Kier molecular flexibility index (Phi) is 7.84. The van der Waals surface area contributed by atoms with E-state index in [0.717, 1.165) is 20.6 Å². The molecule has 0 fully saturated rings. The molecule has 0 aliphatic rings. The van der Waals surface area contributed by atoms with Gasteiger partial charge in [-0.05, 0) is 41.8 Å². The van der Waals surface area contributed by atoms with E-state index < -0.39 is 16.0 Å². The largest absolute Gasteiger partial charge is 0.345 e. The first-order valence-corrected chi connectivity index (χ1v) is 12.0. The van der Waals surface area contributed by atoms with E-state index in [9.17, 15) is 17.6 Å². The lowest BCUT2D eigenvalue weighted by atomic mass is 10.0. The minimum Gasteiger partial charge on any atom is -0.345 e. The molecule has 0 heterocycles. The lowest BCUT2D eigenvalue weighted by Gasteiger charge is -2.27. The van der Waals surface area contributed by atoms with Crippen molar-refractivity contribution < 1.29 is 17.6 Å². The van der Waals surface area contributed by atoms with Gasteiger partial charge in [-0.3, -0.25) is 9.10 Å². The molecule has 8 heteroatoms. The molecule has 3 aromatic carbocycles. The number of para-hydroxylation sites is 1. The molecule has 0 bridgehead atoms. The molecule has 174 valence electrons. The van der Waals surface area contributed by atoms with Gasteiger partial charge >= 0.3 is 10.2 Å². The first-order chi connectivity index (χ1) is 15.7. The number of hydrogen-bond acceptors (Lipinski definition) is 3. The fraction of sp³-hybridized carbons (Fsp3) is 0.240. The van der Waals surface area contributed by atoms with Crippen LogP contribution in [0, 0.1) is 5.82 Å². The molecule has 3 aromatic rings. The molecule has 0 saturated heterocycles. The topological polar surface area (TPSA) is 69.7 Å². The second-order valence-electron chi connectivity index (χ2n) is 7.79. The minimum atomic E-state index is -3.94.